The average Bonchev–Trinajstić information content (AvgIpc) is 2.39. The molecule has 1 heterocycles. The highest BCUT2D eigenvalue weighted by molar-refractivity contribution is 5.72. The molecule has 0 amide bonds. The van der Waals surface area contributed by atoms with E-state index in [1.165, 1.54) is 6.92 Å². The molecule has 0 saturated heterocycles. The summed E-state index contributed by atoms with van der Waals surface area (Å²) in [6.07, 6.45) is 1.12. The molecule has 2 rings (SSSR count). The fourth-order valence-corrected chi connectivity index (χ4v) is 3.01. The standard InChI is InChI=1S/C17H22O5/c1-9-10(2)16-13(11(3)15(9)21-12(4)18)6-7-17(5,22-16)8-14(19)20/h6-8H2,1-5H3,(H,19,20)/p-1. The minimum Gasteiger partial charge on any atom is -0.550 e. The van der Waals surface area contributed by atoms with E-state index < -0.39 is 11.6 Å². The van der Waals surface area contributed by atoms with Crippen LogP contribution in [0.2, 0.25) is 0 Å². The first-order valence-corrected chi connectivity index (χ1v) is 7.34. The van der Waals surface area contributed by atoms with Crippen LogP contribution in [-0.4, -0.2) is 17.5 Å². The van der Waals surface area contributed by atoms with Gasteiger partial charge in [0.05, 0.1) is 0 Å². The average molecular weight is 305 g/mol. The Bertz CT molecular complexity index is 647. The summed E-state index contributed by atoms with van der Waals surface area (Å²) < 4.78 is 11.4. The van der Waals surface area contributed by atoms with E-state index in [9.17, 15) is 14.7 Å². The molecule has 0 aliphatic carbocycles. The molecule has 5 nitrogen and oxygen atoms in total. The molecule has 0 saturated carbocycles. The van der Waals surface area contributed by atoms with Crippen LogP contribution in [0.3, 0.4) is 0 Å². The van der Waals surface area contributed by atoms with E-state index >= 15 is 0 Å². The lowest BCUT2D eigenvalue weighted by Gasteiger charge is -2.38. The second-order valence-corrected chi connectivity index (χ2v) is 6.21. The summed E-state index contributed by atoms with van der Waals surface area (Å²) in [4.78, 5) is 22.2. The number of hydrogen-bond acceptors (Lipinski definition) is 5. The third-order valence-electron chi connectivity index (χ3n) is 4.33. The van der Waals surface area contributed by atoms with E-state index in [0.29, 0.717) is 24.3 Å². The number of carbonyl (C=O) groups excluding carboxylic acids is 2. The van der Waals surface area contributed by atoms with Gasteiger partial charge >= 0.3 is 5.97 Å². The zero-order valence-corrected chi connectivity index (χ0v) is 13.7. The van der Waals surface area contributed by atoms with Gasteiger partial charge in [0.25, 0.3) is 0 Å². The van der Waals surface area contributed by atoms with Crippen LogP contribution in [0, 0.1) is 20.8 Å². The lowest BCUT2D eigenvalue weighted by atomic mass is 9.85. The molecule has 0 aromatic heterocycles. The number of fused-ring (bicyclic) bond motifs is 1. The van der Waals surface area contributed by atoms with Gasteiger partial charge in [-0.15, -0.1) is 0 Å². The molecule has 5 heteroatoms. The number of ether oxygens (including phenoxy) is 2. The van der Waals surface area contributed by atoms with Crippen molar-refractivity contribution < 1.29 is 24.2 Å². The smallest absolute Gasteiger partial charge is 0.308 e. The molecule has 1 aromatic rings. The highest BCUT2D eigenvalue weighted by atomic mass is 16.5. The molecule has 22 heavy (non-hydrogen) atoms. The zero-order valence-electron chi connectivity index (χ0n) is 13.7. The second-order valence-electron chi connectivity index (χ2n) is 6.21. The van der Waals surface area contributed by atoms with Crippen molar-refractivity contribution in [1.82, 2.24) is 0 Å². The molecule has 0 fully saturated rings. The maximum absolute atomic E-state index is 11.3. The molecule has 1 aliphatic rings. The molecular formula is C17H21O5-. The third-order valence-corrected chi connectivity index (χ3v) is 4.33. The van der Waals surface area contributed by atoms with E-state index in [2.05, 4.69) is 0 Å². The highest BCUT2D eigenvalue weighted by Gasteiger charge is 2.35. The van der Waals surface area contributed by atoms with Gasteiger partial charge < -0.3 is 19.4 Å². The number of carboxylic acids is 1. The number of carboxylic acid groups (broad SMARTS) is 1. The largest absolute Gasteiger partial charge is 0.550 e. The molecule has 0 spiro atoms. The summed E-state index contributed by atoms with van der Waals surface area (Å²) in [5.41, 5.74) is 2.81. The Hall–Kier alpha value is -2.04. The third kappa shape index (κ3) is 2.93. The minimum absolute atomic E-state index is 0.143. The molecule has 0 radical (unpaired) electrons. The predicted octanol–water partition coefficient (Wildman–Crippen LogP) is 1.76. The van der Waals surface area contributed by atoms with E-state index in [-0.39, 0.29) is 12.4 Å². The van der Waals surface area contributed by atoms with Gasteiger partial charge in [0, 0.05) is 24.9 Å². The minimum atomic E-state index is -1.12. The lowest BCUT2D eigenvalue weighted by molar-refractivity contribution is -0.308. The van der Waals surface area contributed by atoms with Gasteiger partial charge in [0.1, 0.15) is 17.1 Å². The fourth-order valence-electron chi connectivity index (χ4n) is 3.01. The van der Waals surface area contributed by atoms with Gasteiger partial charge in [-0.3, -0.25) is 4.79 Å². The molecule has 1 aliphatic heterocycles. The lowest BCUT2D eigenvalue weighted by Crippen LogP contribution is -2.42. The maximum Gasteiger partial charge on any atom is 0.308 e. The molecule has 1 atom stereocenters. The summed E-state index contributed by atoms with van der Waals surface area (Å²) in [6, 6.07) is 0. The van der Waals surface area contributed by atoms with Gasteiger partial charge in [0.2, 0.25) is 0 Å². The first-order chi connectivity index (χ1) is 10.1. The van der Waals surface area contributed by atoms with E-state index in [4.69, 9.17) is 9.47 Å². The summed E-state index contributed by atoms with van der Waals surface area (Å²) >= 11 is 0. The van der Waals surface area contributed by atoms with Gasteiger partial charge in [0.15, 0.2) is 0 Å². The van der Waals surface area contributed by atoms with E-state index in [0.717, 1.165) is 22.3 Å². The van der Waals surface area contributed by atoms with Gasteiger partial charge in [-0.25, -0.2) is 0 Å². The number of carbonyl (C=O) groups is 2. The Morgan fingerprint density at radius 1 is 1.23 bits per heavy atom. The quantitative estimate of drug-likeness (QED) is 0.628. The van der Waals surface area contributed by atoms with Crippen LogP contribution >= 0.6 is 0 Å². The van der Waals surface area contributed by atoms with Crippen LogP contribution in [0.25, 0.3) is 0 Å². The van der Waals surface area contributed by atoms with Crippen LogP contribution < -0.4 is 14.6 Å². The van der Waals surface area contributed by atoms with Crippen molar-refractivity contribution in [3.8, 4) is 11.5 Å². The number of esters is 1. The molecule has 0 bridgehead atoms. The second kappa shape index (κ2) is 5.63. The number of benzene rings is 1. The Morgan fingerprint density at radius 3 is 2.41 bits per heavy atom. The van der Waals surface area contributed by atoms with Crippen LogP contribution in [0.4, 0.5) is 0 Å². The summed E-state index contributed by atoms with van der Waals surface area (Å²) in [7, 11) is 0. The monoisotopic (exact) mass is 305 g/mol. The molecule has 1 aromatic carbocycles. The van der Waals surface area contributed by atoms with E-state index in [1.807, 2.05) is 20.8 Å². The molecular weight excluding hydrogens is 284 g/mol. The van der Waals surface area contributed by atoms with Crippen LogP contribution in [0.5, 0.6) is 11.5 Å². The normalized spacial score (nSPS) is 20.0. The summed E-state index contributed by atoms with van der Waals surface area (Å²) in [5.74, 6) is -0.186. The Kier molecular flexibility index (Phi) is 4.18. The predicted molar refractivity (Wildman–Crippen MR) is 78.9 cm³/mol. The number of rotatable bonds is 3. The fraction of sp³-hybridized carbons (Fsp3) is 0.529. The SMILES string of the molecule is CC(=O)Oc1c(C)c(C)c2c(c1C)CCC(C)(CC(=O)[O-])O2. The summed E-state index contributed by atoms with van der Waals surface area (Å²) in [6.45, 7) is 8.82. The zero-order chi connectivity index (χ0) is 16.7. The van der Waals surface area contributed by atoms with E-state index in [1.54, 1.807) is 6.92 Å². The van der Waals surface area contributed by atoms with Crippen LogP contribution in [0.15, 0.2) is 0 Å². The number of aliphatic carboxylic acids is 1. The molecule has 1 unspecified atom stereocenters. The van der Waals surface area contributed by atoms with Crippen molar-refractivity contribution in [1.29, 1.82) is 0 Å². The molecule has 0 N–H and O–H groups in total. The van der Waals surface area contributed by atoms with Crippen molar-refractivity contribution in [2.75, 3.05) is 0 Å². The van der Waals surface area contributed by atoms with Crippen molar-refractivity contribution in [2.45, 2.75) is 59.5 Å². The number of hydrogen-bond donors (Lipinski definition) is 0. The first-order valence-electron chi connectivity index (χ1n) is 7.34. The van der Waals surface area contributed by atoms with Crippen LogP contribution in [-0.2, 0) is 16.0 Å². The van der Waals surface area contributed by atoms with Gasteiger partial charge in [-0.2, -0.15) is 0 Å². The first kappa shape index (κ1) is 16.3. The topological polar surface area (TPSA) is 75.7 Å². The van der Waals surface area contributed by atoms with Crippen molar-refractivity contribution in [3.05, 3.63) is 22.3 Å². The van der Waals surface area contributed by atoms with Crippen molar-refractivity contribution in [2.24, 2.45) is 0 Å². The maximum atomic E-state index is 11.3. The van der Waals surface area contributed by atoms with Crippen molar-refractivity contribution in [3.63, 3.8) is 0 Å². The van der Waals surface area contributed by atoms with Gasteiger partial charge in [-0.05, 0) is 57.2 Å². The Balaban J connectivity index is 2.50. The Labute approximate surface area is 130 Å². The highest BCUT2D eigenvalue weighted by Crippen LogP contribution is 2.44. The van der Waals surface area contributed by atoms with Gasteiger partial charge in [-0.1, -0.05) is 0 Å². The summed E-state index contributed by atoms with van der Waals surface area (Å²) in [5, 5.41) is 10.9. The molecule has 120 valence electrons. The Morgan fingerprint density at radius 2 is 1.86 bits per heavy atom. The van der Waals surface area contributed by atoms with Crippen LogP contribution in [0.1, 0.15) is 48.9 Å². The van der Waals surface area contributed by atoms with Crippen molar-refractivity contribution >= 4 is 11.9 Å².